The van der Waals surface area contributed by atoms with Crippen LogP contribution in [0.4, 0.5) is 28.4 Å². The van der Waals surface area contributed by atoms with Gasteiger partial charge in [0.25, 0.3) is 0 Å². The predicted octanol–water partition coefficient (Wildman–Crippen LogP) is 12.2. The van der Waals surface area contributed by atoms with Crippen LogP contribution in [-0.4, -0.2) is 6.04 Å². The number of benzene rings is 7. The summed E-state index contributed by atoms with van der Waals surface area (Å²) < 4.78 is 0. The summed E-state index contributed by atoms with van der Waals surface area (Å²) in [6, 6.07) is 61.8. The van der Waals surface area contributed by atoms with Crippen LogP contribution >= 0.6 is 0 Å². The Morgan fingerprint density at radius 1 is 0.435 bits per heavy atom. The molecule has 1 aliphatic rings. The number of para-hydroxylation sites is 2. The maximum absolute atomic E-state index is 2.57. The Balaban J connectivity index is 1.11. The number of anilines is 5. The lowest BCUT2D eigenvalue weighted by Gasteiger charge is -2.36. The first-order valence-electron chi connectivity index (χ1n) is 16.3. The summed E-state index contributed by atoms with van der Waals surface area (Å²) >= 11 is 0. The molecule has 0 amide bonds. The van der Waals surface area contributed by atoms with Gasteiger partial charge in [0.05, 0.1) is 5.69 Å². The molecule has 7 aromatic rings. The molecule has 0 bridgehead atoms. The smallest absolute Gasteiger partial charge is 0.0540 e. The number of nitrogens with zero attached hydrogens (tertiary/aromatic N) is 2. The Morgan fingerprint density at radius 2 is 0.957 bits per heavy atom. The van der Waals surface area contributed by atoms with Crippen molar-refractivity contribution in [1.29, 1.82) is 0 Å². The van der Waals surface area contributed by atoms with Crippen LogP contribution < -0.4 is 9.80 Å². The average Bonchev–Trinajstić information content (AvgIpc) is 3.14. The number of allylic oxidation sites excluding steroid dienone is 1. The van der Waals surface area contributed by atoms with Gasteiger partial charge in [-0.2, -0.15) is 0 Å². The molecule has 1 unspecified atom stereocenters. The monoisotopic (exact) mass is 592 g/mol. The van der Waals surface area contributed by atoms with E-state index in [0.29, 0.717) is 6.04 Å². The number of hydrogen-bond donors (Lipinski definition) is 0. The molecule has 7 aromatic carbocycles. The van der Waals surface area contributed by atoms with Crippen molar-refractivity contribution in [2.24, 2.45) is 0 Å². The van der Waals surface area contributed by atoms with Crippen LogP contribution in [-0.2, 0) is 0 Å². The van der Waals surface area contributed by atoms with Crippen LogP contribution in [0, 0.1) is 0 Å². The largest absolute Gasteiger partial charge is 0.338 e. The highest BCUT2D eigenvalue weighted by atomic mass is 15.2. The van der Waals surface area contributed by atoms with E-state index in [1.54, 1.807) is 0 Å². The third-order valence-electron chi connectivity index (χ3n) is 9.33. The Hall–Kier alpha value is -5.60. The van der Waals surface area contributed by atoms with Crippen molar-refractivity contribution in [2.75, 3.05) is 9.80 Å². The van der Waals surface area contributed by atoms with Gasteiger partial charge in [0.15, 0.2) is 0 Å². The zero-order valence-corrected chi connectivity index (χ0v) is 25.8. The lowest BCUT2D eigenvalue weighted by Crippen LogP contribution is -2.32. The SMILES string of the molecule is C1=C(c2ccc(N(c3ccccc3)c3cccc4ccccc34)cc2)CCC(N(c2ccccc2)c2cccc3ccccc23)C1. The second-order valence-corrected chi connectivity index (χ2v) is 12.1. The molecule has 222 valence electrons. The Morgan fingerprint density at radius 3 is 1.59 bits per heavy atom. The molecule has 0 fully saturated rings. The highest BCUT2D eigenvalue weighted by Gasteiger charge is 2.25. The molecule has 1 aliphatic carbocycles. The summed E-state index contributed by atoms with van der Waals surface area (Å²) in [5.41, 5.74) is 8.78. The van der Waals surface area contributed by atoms with Gasteiger partial charge in [0, 0.05) is 39.6 Å². The fraction of sp³-hybridized carbons (Fsp3) is 0.0909. The molecular weight excluding hydrogens is 556 g/mol. The second-order valence-electron chi connectivity index (χ2n) is 12.1. The first-order chi connectivity index (χ1) is 22.8. The highest BCUT2D eigenvalue weighted by molar-refractivity contribution is 5.99. The van der Waals surface area contributed by atoms with E-state index in [0.717, 1.165) is 30.6 Å². The fourth-order valence-electron chi connectivity index (χ4n) is 7.10. The summed E-state index contributed by atoms with van der Waals surface area (Å²) in [7, 11) is 0. The minimum absolute atomic E-state index is 0.385. The van der Waals surface area contributed by atoms with Crippen LogP contribution in [0.5, 0.6) is 0 Å². The van der Waals surface area contributed by atoms with E-state index in [9.17, 15) is 0 Å². The Bertz CT molecular complexity index is 2120. The van der Waals surface area contributed by atoms with Crippen LogP contribution in [0.15, 0.2) is 176 Å². The molecule has 46 heavy (non-hydrogen) atoms. The Kier molecular flexibility index (Phi) is 7.54. The van der Waals surface area contributed by atoms with Crippen LogP contribution in [0.1, 0.15) is 24.8 Å². The quantitative estimate of drug-likeness (QED) is 0.182. The third-order valence-corrected chi connectivity index (χ3v) is 9.33. The van der Waals surface area contributed by atoms with Crippen LogP contribution in [0.25, 0.3) is 27.1 Å². The molecule has 1 atom stereocenters. The van der Waals surface area contributed by atoms with Crippen molar-refractivity contribution in [3.63, 3.8) is 0 Å². The van der Waals surface area contributed by atoms with Crippen molar-refractivity contribution in [3.05, 3.63) is 181 Å². The van der Waals surface area contributed by atoms with E-state index in [1.807, 2.05) is 0 Å². The molecule has 0 aliphatic heterocycles. The third kappa shape index (κ3) is 5.33. The van der Waals surface area contributed by atoms with Gasteiger partial charge in [-0.1, -0.05) is 127 Å². The maximum atomic E-state index is 2.57. The lowest BCUT2D eigenvalue weighted by molar-refractivity contribution is 0.599. The van der Waals surface area contributed by atoms with Crippen LogP contribution in [0.2, 0.25) is 0 Å². The molecule has 0 aromatic heterocycles. The van der Waals surface area contributed by atoms with Gasteiger partial charge in [-0.25, -0.2) is 0 Å². The molecule has 2 heteroatoms. The van der Waals surface area contributed by atoms with Gasteiger partial charge >= 0.3 is 0 Å². The summed E-state index contributed by atoms with van der Waals surface area (Å²) in [6.45, 7) is 0. The molecule has 0 heterocycles. The lowest BCUT2D eigenvalue weighted by atomic mass is 9.89. The van der Waals surface area contributed by atoms with Crippen molar-refractivity contribution >= 4 is 55.6 Å². The molecule has 0 radical (unpaired) electrons. The van der Waals surface area contributed by atoms with Gasteiger partial charge < -0.3 is 9.80 Å². The van der Waals surface area contributed by atoms with Gasteiger partial charge in [0.1, 0.15) is 0 Å². The minimum Gasteiger partial charge on any atom is -0.338 e. The molecule has 0 saturated heterocycles. The van der Waals surface area contributed by atoms with E-state index in [4.69, 9.17) is 0 Å². The van der Waals surface area contributed by atoms with Crippen molar-refractivity contribution in [2.45, 2.75) is 25.3 Å². The van der Waals surface area contributed by atoms with E-state index in [1.165, 1.54) is 49.7 Å². The molecular formula is C44H36N2. The highest BCUT2D eigenvalue weighted by Crippen LogP contribution is 2.41. The van der Waals surface area contributed by atoms with Gasteiger partial charge in [-0.3, -0.25) is 0 Å². The number of rotatable bonds is 7. The zero-order valence-electron chi connectivity index (χ0n) is 25.8. The molecule has 2 nitrogen and oxygen atoms in total. The summed E-state index contributed by atoms with van der Waals surface area (Å²) in [5.74, 6) is 0. The second kappa shape index (κ2) is 12.4. The first kappa shape index (κ1) is 27.9. The standard InChI is InChI=1S/C44H36N2/c1-3-17-37(18-4-1)45(43-23-11-15-35-13-7-9-21-41(35)43)39-29-25-33(26-30-39)34-27-31-40(32-28-34)46(38-19-5-2-6-20-38)44-24-12-16-36-14-8-10-22-42(36)44/h1-27,29-30,40H,28,31-32H2. The summed E-state index contributed by atoms with van der Waals surface area (Å²) in [6.07, 6.45) is 5.62. The molecule has 8 rings (SSSR count). The van der Waals surface area contributed by atoms with E-state index in [2.05, 4.69) is 186 Å². The number of hydrogen-bond acceptors (Lipinski definition) is 2. The first-order valence-corrected chi connectivity index (χ1v) is 16.3. The van der Waals surface area contributed by atoms with Gasteiger partial charge in [-0.15, -0.1) is 0 Å². The zero-order chi connectivity index (χ0) is 30.7. The van der Waals surface area contributed by atoms with Gasteiger partial charge in [-0.05, 0) is 89.7 Å². The summed E-state index contributed by atoms with van der Waals surface area (Å²) in [4.78, 5) is 4.94. The van der Waals surface area contributed by atoms with Crippen LogP contribution in [0.3, 0.4) is 0 Å². The van der Waals surface area contributed by atoms with Crippen molar-refractivity contribution < 1.29 is 0 Å². The molecule has 0 saturated carbocycles. The molecule has 0 N–H and O–H groups in total. The van der Waals surface area contributed by atoms with E-state index in [-0.39, 0.29) is 0 Å². The van der Waals surface area contributed by atoms with E-state index < -0.39 is 0 Å². The van der Waals surface area contributed by atoms with Crippen molar-refractivity contribution in [1.82, 2.24) is 0 Å². The fourth-order valence-corrected chi connectivity index (χ4v) is 7.10. The predicted molar refractivity (Wildman–Crippen MR) is 197 cm³/mol. The normalized spacial score (nSPS) is 14.6. The minimum atomic E-state index is 0.385. The Labute approximate surface area is 271 Å². The van der Waals surface area contributed by atoms with E-state index >= 15 is 0 Å². The number of fused-ring (bicyclic) bond motifs is 2. The molecule has 0 spiro atoms. The topological polar surface area (TPSA) is 6.48 Å². The van der Waals surface area contributed by atoms with Crippen molar-refractivity contribution in [3.8, 4) is 0 Å². The summed E-state index contributed by atoms with van der Waals surface area (Å²) in [5, 5.41) is 5.06. The average molecular weight is 593 g/mol. The maximum Gasteiger partial charge on any atom is 0.0540 e. The van der Waals surface area contributed by atoms with Gasteiger partial charge in [0.2, 0.25) is 0 Å².